The van der Waals surface area contributed by atoms with Crippen LogP contribution in [0.4, 0.5) is 17.1 Å². The molecule has 0 aliphatic heterocycles. The van der Waals surface area contributed by atoms with Crippen molar-refractivity contribution in [2.24, 2.45) is 0 Å². The highest BCUT2D eigenvalue weighted by atomic mass is 32.1. The minimum Gasteiger partial charge on any atom is -0.456 e. The molecule has 0 aliphatic carbocycles. The normalized spacial score (nSPS) is 11.6. The third-order valence-electron chi connectivity index (χ3n) is 10.9. The van der Waals surface area contributed by atoms with Gasteiger partial charge in [0.15, 0.2) is 0 Å². The molecule has 0 bridgehead atoms. The van der Waals surface area contributed by atoms with Crippen molar-refractivity contribution in [3.8, 4) is 33.4 Å². The molecule has 0 fully saturated rings. The summed E-state index contributed by atoms with van der Waals surface area (Å²) in [6.07, 6.45) is 0. The number of para-hydroxylation sites is 1. The molecule has 3 heteroatoms. The van der Waals surface area contributed by atoms with Crippen LogP contribution >= 0.6 is 11.3 Å². The molecule has 55 heavy (non-hydrogen) atoms. The van der Waals surface area contributed by atoms with Crippen LogP contribution in [0.25, 0.3) is 86.3 Å². The van der Waals surface area contributed by atoms with E-state index in [2.05, 4.69) is 193 Å². The minimum atomic E-state index is 0.871. The number of hydrogen-bond acceptors (Lipinski definition) is 3. The number of nitrogens with zero attached hydrogens (tertiary/aromatic N) is 1. The molecule has 0 unspecified atom stereocenters. The Hall–Kier alpha value is -6.94. The van der Waals surface area contributed by atoms with Gasteiger partial charge < -0.3 is 9.32 Å². The first-order valence-electron chi connectivity index (χ1n) is 18.7. The molecule has 0 atom stereocenters. The number of furan rings is 1. The van der Waals surface area contributed by atoms with E-state index < -0.39 is 0 Å². The maximum Gasteiger partial charge on any atom is 0.137 e. The highest BCUT2D eigenvalue weighted by Crippen LogP contribution is 2.43. The molecule has 11 rings (SSSR count). The Labute approximate surface area is 322 Å². The first-order valence-corrected chi connectivity index (χ1v) is 19.5. The summed E-state index contributed by atoms with van der Waals surface area (Å²) in [5.41, 5.74) is 12.2. The van der Waals surface area contributed by atoms with Gasteiger partial charge in [-0.3, -0.25) is 0 Å². The van der Waals surface area contributed by atoms with E-state index in [0.29, 0.717) is 0 Å². The van der Waals surface area contributed by atoms with Crippen LogP contribution in [0.15, 0.2) is 205 Å². The lowest BCUT2D eigenvalue weighted by Gasteiger charge is -2.26. The second-order valence-corrected chi connectivity index (χ2v) is 15.2. The van der Waals surface area contributed by atoms with Gasteiger partial charge in [-0.2, -0.15) is 0 Å². The van der Waals surface area contributed by atoms with Crippen molar-refractivity contribution >= 4 is 81.3 Å². The fourth-order valence-electron chi connectivity index (χ4n) is 8.27. The summed E-state index contributed by atoms with van der Waals surface area (Å²) in [4.78, 5) is 2.34. The first-order chi connectivity index (χ1) is 27.2. The standard InChI is InChI=1S/C52H33NOS/c1-2-17-42-34(11-1)12-9-20-43(42)38-15-7-13-36(31-38)37-14-8-16-40(32-37)53(41-29-30-46-45-18-3-5-22-48(45)54-49(46)33-41)39-27-25-35(26-28-39)44-21-10-24-51-52(44)47-19-4-6-23-50(47)55-51/h1-33H. The molecule has 258 valence electrons. The van der Waals surface area contributed by atoms with Crippen molar-refractivity contribution < 1.29 is 4.42 Å². The molecule has 0 N–H and O–H groups in total. The lowest BCUT2D eigenvalue weighted by Crippen LogP contribution is -2.10. The van der Waals surface area contributed by atoms with Crippen molar-refractivity contribution in [2.45, 2.75) is 0 Å². The van der Waals surface area contributed by atoms with E-state index in [0.717, 1.165) is 44.6 Å². The number of thiophene rings is 1. The summed E-state index contributed by atoms with van der Waals surface area (Å²) >= 11 is 1.86. The molecule has 0 radical (unpaired) electrons. The van der Waals surface area contributed by atoms with Crippen molar-refractivity contribution in [1.82, 2.24) is 0 Å². The molecular weight excluding hydrogens is 687 g/mol. The van der Waals surface area contributed by atoms with Crippen LogP contribution in [0.1, 0.15) is 0 Å². The van der Waals surface area contributed by atoms with Crippen molar-refractivity contribution in [2.75, 3.05) is 4.90 Å². The molecule has 2 aromatic heterocycles. The van der Waals surface area contributed by atoms with Gasteiger partial charge >= 0.3 is 0 Å². The van der Waals surface area contributed by atoms with Crippen LogP contribution < -0.4 is 4.90 Å². The van der Waals surface area contributed by atoms with Crippen LogP contribution in [-0.2, 0) is 0 Å². The Kier molecular flexibility index (Phi) is 7.39. The first kappa shape index (κ1) is 31.6. The van der Waals surface area contributed by atoms with Gasteiger partial charge in [0.1, 0.15) is 11.2 Å². The van der Waals surface area contributed by atoms with E-state index >= 15 is 0 Å². The monoisotopic (exact) mass is 719 g/mol. The number of hydrogen-bond donors (Lipinski definition) is 0. The van der Waals surface area contributed by atoms with E-state index in [1.165, 1.54) is 58.8 Å². The Morgan fingerprint density at radius 2 is 0.964 bits per heavy atom. The summed E-state index contributed by atoms with van der Waals surface area (Å²) in [5.74, 6) is 0. The fourth-order valence-corrected chi connectivity index (χ4v) is 9.41. The van der Waals surface area contributed by atoms with Gasteiger partial charge in [-0.15, -0.1) is 11.3 Å². The van der Waals surface area contributed by atoms with Crippen LogP contribution in [0.5, 0.6) is 0 Å². The Morgan fingerprint density at radius 3 is 1.87 bits per heavy atom. The predicted molar refractivity (Wildman–Crippen MR) is 235 cm³/mol. The number of anilines is 3. The summed E-state index contributed by atoms with van der Waals surface area (Å²) < 4.78 is 9.04. The van der Waals surface area contributed by atoms with E-state index in [4.69, 9.17) is 4.42 Å². The maximum atomic E-state index is 6.41. The molecule has 0 aliphatic rings. The highest BCUT2D eigenvalue weighted by Gasteiger charge is 2.18. The smallest absolute Gasteiger partial charge is 0.137 e. The van der Waals surface area contributed by atoms with Gasteiger partial charge in [0.2, 0.25) is 0 Å². The van der Waals surface area contributed by atoms with Crippen molar-refractivity contribution in [1.29, 1.82) is 0 Å². The van der Waals surface area contributed by atoms with Gasteiger partial charge in [0.25, 0.3) is 0 Å². The van der Waals surface area contributed by atoms with Crippen molar-refractivity contribution in [3.05, 3.63) is 200 Å². The molecule has 2 nitrogen and oxygen atoms in total. The van der Waals surface area contributed by atoms with Gasteiger partial charge in [-0.25, -0.2) is 0 Å². The third-order valence-corrected chi connectivity index (χ3v) is 12.0. The molecular formula is C52H33NOS. The van der Waals surface area contributed by atoms with E-state index in [1.807, 2.05) is 23.5 Å². The van der Waals surface area contributed by atoms with Crippen LogP contribution in [0.3, 0.4) is 0 Å². The van der Waals surface area contributed by atoms with E-state index in [1.54, 1.807) is 0 Å². The predicted octanol–water partition coefficient (Wildman–Crippen LogP) is 15.6. The van der Waals surface area contributed by atoms with Gasteiger partial charge in [0.05, 0.1) is 0 Å². The van der Waals surface area contributed by atoms with Gasteiger partial charge in [-0.1, -0.05) is 133 Å². The second-order valence-electron chi connectivity index (χ2n) is 14.1. The lowest BCUT2D eigenvalue weighted by molar-refractivity contribution is 0.669. The summed E-state index contributed by atoms with van der Waals surface area (Å²) in [7, 11) is 0. The average Bonchev–Trinajstić information content (AvgIpc) is 3.82. The maximum absolute atomic E-state index is 6.41. The Balaban J connectivity index is 1.04. The number of fused-ring (bicyclic) bond motifs is 7. The SMILES string of the molecule is c1cc(-c2cccc(N(c3ccc(-c4cccc5sc6ccccc6c45)cc3)c3ccc4c(c3)oc3ccccc34)c2)cc(-c2cccc3ccccc23)c1. The minimum absolute atomic E-state index is 0.871. The van der Waals surface area contributed by atoms with Crippen LogP contribution in [0.2, 0.25) is 0 Å². The number of benzene rings is 9. The largest absolute Gasteiger partial charge is 0.456 e. The fraction of sp³-hybridized carbons (Fsp3) is 0. The topological polar surface area (TPSA) is 16.4 Å². The Bertz CT molecular complexity index is 3220. The third kappa shape index (κ3) is 5.40. The van der Waals surface area contributed by atoms with Gasteiger partial charge in [0, 0.05) is 54.1 Å². The molecule has 0 spiro atoms. The summed E-state index contributed by atoms with van der Waals surface area (Å²) in [6, 6.07) is 72.2. The molecule has 0 saturated carbocycles. The molecule has 0 amide bonds. The molecule has 11 aromatic rings. The molecule has 9 aromatic carbocycles. The average molecular weight is 720 g/mol. The van der Waals surface area contributed by atoms with Crippen LogP contribution in [-0.4, -0.2) is 0 Å². The van der Waals surface area contributed by atoms with E-state index in [9.17, 15) is 0 Å². The molecule has 2 heterocycles. The van der Waals surface area contributed by atoms with E-state index in [-0.39, 0.29) is 0 Å². The zero-order chi connectivity index (χ0) is 36.3. The zero-order valence-corrected chi connectivity index (χ0v) is 30.6. The Morgan fingerprint density at radius 1 is 0.345 bits per heavy atom. The second kappa shape index (κ2) is 12.9. The highest BCUT2D eigenvalue weighted by molar-refractivity contribution is 7.25. The zero-order valence-electron chi connectivity index (χ0n) is 29.8. The van der Waals surface area contributed by atoms with Crippen molar-refractivity contribution in [3.63, 3.8) is 0 Å². The summed E-state index contributed by atoms with van der Waals surface area (Å²) in [6.45, 7) is 0. The lowest BCUT2D eigenvalue weighted by atomic mass is 9.95. The number of rotatable bonds is 6. The summed E-state index contributed by atoms with van der Waals surface area (Å²) in [5, 5.41) is 7.38. The quantitative estimate of drug-likeness (QED) is 0.170. The van der Waals surface area contributed by atoms with Gasteiger partial charge in [-0.05, 0) is 105 Å². The molecule has 0 saturated heterocycles. The van der Waals surface area contributed by atoms with Crippen LogP contribution in [0, 0.1) is 0 Å².